The van der Waals surface area contributed by atoms with E-state index in [0.29, 0.717) is 12.2 Å². The Labute approximate surface area is 206 Å². The van der Waals surface area contributed by atoms with E-state index >= 15 is 0 Å². The van der Waals surface area contributed by atoms with Gasteiger partial charge in [0.2, 0.25) is 0 Å². The van der Waals surface area contributed by atoms with E-state index in [1.165, 1.54) is 16.0 Å². The fraction of sp³-hybridized carbons (Fsp3) is 0.200. The molecule has 0 spiro atoms. The van der Waals surface area contributed by atoms with Gasteiger partial charge in [-0.15, -0.1) is 23.1 Å². The minimum atomic E-state index is -0.157. The molecule has 2 heterocycles. The maximum absolute atomic E-state index is 12.9. The number of nitrogens with zero attached hydrogens (tertiary/aromatic N) is 1. The molecule has 0 radical (unpaired) electrons. The number of aryl methyl sites for hydroxylation is 1. The number of thiophene rings is 1. The van der Waals surface area contributed by atoms with Gasteiger partial charge in [0, 0.05) is 30.9 Å². The average molecular weight is 495 g/mol. The number of carbonyl (C=O) groups excluding carboxylic acids is 1. The molecule has 4 aromatic rings. The lowest BCUT2D eigenvalue weighted by Gasteiger charge is -2.18. The van der Waals surface area contributed by atoms with Gasteiger partial charge in [-0.25, -0.2) is 0 Å². The molecule has 8 heteroatoms. The van der Waals surface area contributed by atoms with Gasteiger partial charge in [-0.2, -0.15) is 0 Å². The Morgan fingerprint density at radius 3 is 2.76 bits per heavy atom. The molecule has 4 rings (SSSR count). The normalized spacial score (nSPS) is 11.9. The van der Waals surface area contributed by atoms with Crippen molar-refractivity contribution >= 4 is 63.8 Å². The van der Waals surface area contributed by atoms with Crippen LogP contribution < -0.4 is 9.62 Å². The Morgan fingerprint density at radius 1 is 1.21 bits per heavy atom. The standard InChI is InChI=1S/C25H26N4OS3/c1-17-11-19-13-21(28-24(19)22(12-17)29(2)33-23-9-6-10-31-23)25(30)27-15-20(14-26)32-16-18-7-4-3-5-8-18/h3-14,20,26,28H,15-16H2,1-2H3,(H,27,30). The smallest absolute Gasteiger partial charge is 0.267 e. The lowest BCUT2D eigenvalue weighted by atomic mass is 10.1. The van der Waals surface area contributed by atoms with Gasteiger partial charge < -0.3 is 20.0 Å². The van der Waals surface area contributed by atoms with Crippen LogP contribution in [0.1, 0.15) is 21.6 Å². The number of rotatable bonds is 10. The van der Waals surface area contributed by atoms with E-state index in [9.17, 15) is 4.79 Å². The maximum Gasteiger partial charge on any atom is 0.267 e. The van der Waals surface area contributed by atoms with Crippen molar-refractivity contribution in [1.82, 2.24) is 10.3 Å². The molecule has 1 atom stereocenters. The summed E-state index contributed by atoms with van der Waals surface area (Å²) in [6.07, 6.45) is 1.40. The van der Waals surface area contributed by atoms with Crippen LogP contribution in [0.2, 0.25) is 0 Å². The molecule has 2 aromatic carbocycles. The van der Waals surface area contributed by atoms with Gasteiger partial charge in [0.15, 0.2) is 0 Å². The molecular weight excluding hydrogens is 469 g/mol. The van der Waals surface area contributed by atoms with Crippen LogP contribution in [0.4, 0.5) is 5.69 Å². The number of nitrogens with one attached hydrogen (secondary N) is 3. The number of amides is 1. The molecular formula is C25H26N4OS3. The third kappa shape index (κ3) is 6.01. The van der Waals surface area contributed by atoms with Crippen molar-refractivity contribution in [2.75, 3.05) is 17.9 Å². The topological polar surface area (TPSA) is 72.0 Å². The largest absolute Gasteiger partial charge is 0.349 e. The van der Waals surface area contributed by atoms with Gasteiger partial charge in [-0.3, -0.25) is 4.79 Å². The summed E-state index contributed by atoms with van der Waals surface area (Å²) in [6.45, 7) is 2.48. The average Bonchev–Trinajstić information content (AvgIpc) is 3.49. The van der Waals surface area contributed by atoms with Crippen LogP contribution in [0.3, 0.4) is 0 Å². The Hall–Kier alpha value is -2.68. The first-order valence-electron chi connectivity index (χ1n) is 10.6. The number of benzene rings is 2. The van der Waals surface area contributed by atoms with Crippen LogP contribution in [0.25, 0.3) is 10.9 Å². The van der Waals surface area contributed by atoms with Crippen molar-refractivity contribution in [1.29, 1.82) is 5.41 Å². The number of thioether (sulfide) groups is 1. The molecule has 0 aliphatic carbocycles. The number of H-pyrrole nitrogens is 1. The second-order valence-corrected chi connectivity index (χ2v) is 11.3. The van der Waals surface area contributed by atoms with Crippen LogP contribution in [0.5, 0.6) is 0 Å². The first kappa shape index (κ1) is 23.5. The van der Waals surface area contributed by atoms with Crippen molar-refractivity contribution in [2.24, 2.45) is 0 Å². The summed E-state index contributed by atoms with van der Waals surface area (Å²) >= 11 is 5.03. The molecule has 0 fully saturated rings. The van der Waals surface area contributed by atoms with Crippen LogP contribution in [0.15, 0.2) is 70.3 Å². The number of anilines is 1. The molecule has 0 bridgehead atoms. The number of hydrogen-bond acceptors (Lipinski definition) is 6. The van der Waals surface area contributed by atoms with E-state index in [1.807, 2.05) is 37.4 Å². The summed E-state index contributed by atoms with van der Waals surface area (Å²) in [5.41, 5.74) is 4.87. The molecule has 1 unspecified atom stereocenters. The van der Waals surface area contributed by atoms with Gasteiger partial charge in [0.1, 0.15) is 5.69 Å². The van der Waals surface area contributed by atoms with E-state index in [-0.39, 0.29) is 11.2 Å². The lowest BCUT2D eigenvalue weighted by molar-refractivity contribution is 0.0951. The van der Waals surface area contributed by atoms with E-state index < -0.39 is 0 Å². The van der Waals surface area contributed by atoms with Gasteiger partial charge in [-0.1, -0.05) is 36.4 Å². The molecule has 0 saturated heterocycles. The van der Waals surface area contributed by atoms with Crippen molar-refractivity contribution < 1.29 is 4.79 Å². The lowest BCUT2D eigenvalue weighted by Crippen LogP contribution is -2.31. The third-order valence-electron chi connectivity index (χ3n) is 5.11. The molecule has 2 aromatic heterocycles. The fourth-order valence-corrected chi connectivity index (χ4v) is 6.14. The summed E-state index contributed by atoms with van der Waals surface area (Å²) in [4.78, 5) is 16.2. The van der Waals surface area contributed by atoms with Crippen molar-refractivity contribution in [3.05, 3.63) is 82.9 Å². The number of aromatic nitrogens is 1. The van der Waals surface area contributed by atoms with Crippen molar-refractivity contribution in [3.8, 4) is 0 Å². The zero-order chi connectivity index (χ0) is 23.2. The summed E-state index contributed by atoms with van der Waals surface area (Å²) in [6, 6.07) is 20.4. The Balaban J connectivity index is 1.44. The highest BCUT2D eigenvalue weighted by atomic mass is 32.2. The quantitative estimate of drug-likeness (QED) is 0.177. The maximum atomic E-state index is 12.9. The zero-order valence-corrected chi connectivity index (χ0v) is 20.9. The molecule has 1 amide bonds. The Kier molecular flexibility index (Phi) is 7.80. The van der Waals surface area contributed by atoms with Gasteiger partial charge >= 0.3 is 0 Å². The summed E-state index contributed by atoms with van der Waals surface area (Å²) < 4.78 is 3.34. The van der Waals surface area contributed by atoms with E-state index in [0.717, 1.165) is 27.9 Å². The highest BCUT2D eigenvalue weighted by molar-refractivity contribution is 8.02. The summed E-state index contributed by atoms with van der Waals surface area (Å²) in [7, 11) is 2.04. The van der Waals surface area contributed by atoms with Gasteiger partial charge in [0.05, 0.1) is 20.7 Å². The molecule has 170 valence electrons. The Morgan fingerprint density at radius 2 is 2.03 bits per heavy atom. The fourth-order valence-electron chi connectivity index (χ4n) is 3.47. The number of hydrogen-bond donors (Lipinski definition) is 3. The Bertz CT molecular complexity index is 1220. The van der Waals surface area contributed by atoms with E-state index in [4.69, 9.17) is 5.41 Å². The van der Waals surface area contributed by atoms with Crippen molar-refractivity contribution in [3.63, 3.8) is 0 Å². The summed E-state index contributed by atoms with van der Waals surface area (Å²) in [5.74, 6) is 0.649. The SMILES string of the molecule is Cc1cc(N(C)Sc2cccs2)c2[nH]c(C(=O)NCC(C=N)SCc3ccccc3)cc2c1. The highest BCUT2D eigenvalue weighted by Gasteiger charge is 2.16. The number of fused-ring (bicyclic) bond motifs is 1. The van der Waals surface area contributed by atoms with Crippen LogP contribution in [-0.4, -0.2) is 35.9 Å². The van der Waals surface area contributed by atoms with Gasteiger partial charge in [0.25, 0.3) is 5.91 Å². The zero-order valence-electron chi connectivity index (χ0n) is 18.5. The van der Waals surface area contributed by atoms with Crippen LogP contribution >= 0.6 is 35.0 Å². The molecule has 3 N–H and O–H groups in total. The molecule has 0 aliphatic rings. The predicted octanol–water partition coefficient (Wildman–Crippen LogP) is 6.36. The van der Waals surface area contributed by atoms with Crippen molar-refractivity contribution in [2.45, 2.75) is 22.1 Å². The first-order chi connectivity index (χ1) is 16.0. The molecule has 0 saturated carbocycles. The molecule has 33 heavy (non-hydrogen) atoms. The van der Waals surface area contributed by atoms with Crippen LogP contribution in [0, 0.1) is 12.3 Å². The second-order valence-electron chi connectivity index (χ2n) is 7.66. The first-order valence-corrected chi connectivity index (χ1v) is 13.3. The summed E-state index contributed by atoms with van der Waals surface area (Å²) in [5, 5.41) is 13.7. The predicted molar refractivity (Wildman–Crippen MR) is 144 cm³/mol. The second kappa shape index (κ2) is 11.0. The number of carbonyl (C=O) groups is 1. The van der Waals surface area contributed by atoms with E-state index in [1.54, 1.807) is 35.0 Å². The van der Waals surface area contributed by atoms with Crippen LogP contribution in [-0.2, 0) is 5.75 Å². The minimum Gasteiger partial charge on any atom is -0.349 e. The monoisotopic (exact) mass is 494 g/mol. The number of aromatic amines is 1. The third-order valence-corrected chi connectivity index (χ3v) is 8.31. The highest BCUT2D eigenvalue weighted by Crippen LogP contribution is 2.35. The minimum absolute atomic E-state index is 0.0790. The molecule has 5 nitrogen and oxygen atoms in total. The molecule has 0 aliphatic heterocycles. The van der Waals surface area contributed by atoms with E-state index in [2.05, 4.69) is 57.2 Å². The van der Waals surface area contributed by atoms with Gasteiger partial charge in [-0.05, 0) is 59.6 Å².